The third kappa shape index (κ3) is 8.34. The summed E-state index contributed by atoms with van der Waals surface area (Å²) in [7, 11) is 2.10. The average Bonchev–Trinajstić information content (AvgIpc) is 3.61. The van der Waals surface area contributed by atoms with Crippen LogP contribution in [0.15, 0.2) is 30.4 Å². The van der Waals surface area contributed by atoms with Gasteiger partial charge in [0.2, 0.25) is 17.7 Å². The number of fused-ring (bicyclic) bond motifs is 1. The summed E-state index contributed by atoms with van der Waals surface area (Å²) in [5, 5.41) is 9.85. The first-order chi connectivity index (χ1) is 19.2. The Bertz CT molecular complexity index is 1200. The molecule has 9 nitrogen and oxygen atoms in total. The molecule has 10 heteroatoms. The highest BCUT2D eigenvalue weighted by Crippen LogP contribution is 2.28. The maximum atomic E-state index is 13.5. The van der Waals surface area contributed by atoms with Gasteiger partial charge in [0, 0.05) is 64.2 Å². The molecule has 3 amide bonds. The van der Waals surface area contributed by atoms with Crippen LogP contribution in [0.3, 0.4) is 0 Å². The van der Waals surface area contributed by atoms with E-state index in [9.17, 15) is 14.4 Å². The molecule has 1 aromatic carbocycles. The molecule has 3 N–H and O–H groups in total. The molecule has 1 aromatic heterocycles. The quantitative estimate of drug-likeness (QED) is 0.340. The molecule has 4 rings (SSSR count). The van der Waals surface area contributed by atoms with Crippen LogP contribution in [0.2, 0.25) is 0 Å². The number of rotatable bonds is 12. The second-order valence-electron chi connectivity index (χ2n) is 11.3. The monoisotopic (exact) mass is 568 g/mol. The summed E-state index contributed by atoms with van der Waals surface area (Å²) >= 11 is 1.56. The van der Waals surface area contributed by atoms with Crippen molar-refractivity contribution in [2.75, 3.05) is 46.3 Å². The second-order valence-corrected chi connectivity index (χ2v) is 12.4. The summed E-state index contributed by atoms with van der Waals surface area (Å²) in [6.45, 7) is 12.3. The molecule has 0 radical (unpaired) electrons. The maximum Gasteiger partial charge on any atom is 0.247 e. The Kier molecular flexibility index (Phi) is 10.7. The van der Waals surface area contributed by atoms with Crippen molar-refractivity contribution in [2.24, 2.45) is 5.92 Å². The van der Waals surface area contributed by atoms with Crippen LogP contribution in [0.1, 0.15) is 50.1 Å². The third-order valence-corrected chi connectivity index (χ3v) is 9.13. The molecular formula is C30H44N6O3S. The maximum absolute atomic E-state index is 13.5. The smallest absolute Gasteiger partial charge is 0.247 e. The van der Waals surface area contributed by atoms with Crippen LogP contribution in [-0.2, 0) is 27.2 Å². The molecule has 2 atom stereocenters. The number of thiazole rings is 1. The number of nitrogens with one attached hydrogen (secondary N) is 3. The van der Waals surface area contributed by atoms with Crippen molar-refractivity contribution in [3.63, 3.8) is 0 Å². The number of hydrogen-bond acceptors (Lipinski definition) is 7. The number of aryl methyl sites for hydroxylation is 1. The number of carbonyl (C=O) groups is 3. The second kappa shape index (κ2) is 14.2. The van der Waals surface area contributed by atoms with Crippen molar-refractivity contribution in [2.45, 2.75) is 64.5 Å². The predicted octanol–water partition coefficient (Wildman–Crippen LogP) is 2.50. The Labute approximate surface area is 241 Å². The van der Waals surface area contributed by atoms with Crippen molar-refractivity contribution < 1.29 is 14.4 Å². The lowest BCUT2D eigenvalue weighted by Crippen LogP contribution is -2.54. The molecule has 2 heterocycles. The molecule has 1 unspecified atom stereocenters. The van der Waals surface area contributed by atoms with E-state index in [-0.39, 0.29) is 29.7 Å². The van der Waals surface area contributed by atoms with Crippen molar-refractivity contribution >= 4 is 39.3 Å². The van der Waals surface area contributed by atoms with E-state index in [2.05, 4.69) is 58.4 Å². The molecule has 0 bridgehead atoms. The Morgan fingerprint density at radius 3 is 2.52 bits per heavy atom. The number of carbonyl (C=O) groups excluding carboxylic acids is 3. The zero-order valence-corrected chi connectivity index (χ0v) is 24.9. The standard InChI is InChI=1S/C30H44N6O3S/c1-5-22-10-11-24-27(16-22)40-28(33-24)17-25(32-21(3)37)30(39)34-26(23-8-6-7-9-23)18-31-29(38)20(2)19-36-14-12-35(4)13-15-36/h10-11,16,23,25-26H,2,5-9,12-15,17-19H2,1,3-4H3,(H,31,38)(H,32,37)(H,34,39)/t25-,26?/m0/s1. The van der Waals surface area contributed by atoms with Crippen molar-refractivity contribution in [3.8, 4) is 0 Å². The molecule has 40 heavy (non-hydrogen) atoms. The molecule has 2 aliphatic rings. The molecule has 0 spiro atoms. The van der Waals surface area contributed by atoms with Crippen molar-refractivity contribution in [1.29, 1.82) is 0 Å². The normalized spacial score (nSPS) is 18.4. The van der Waals surface area contributed by atoms with Crippen LogP contribution in [-0.4, -0.2) is 90.9 Å². The Hall–Kier alpha value is -2.82. The molecule has 2 aromatic rings. The zero-order valence-electron chi connectivity index (χ0n) is 24.1. The van der Waals surface area contributed by atoms with Gasteiger partial charge in [-0.05, 0) is 49.9 Å². The zero-order chi connectivity index (χ0) is 28.6. The summed E-state index contributed by atoms with van der Waals surface area (Å²) in [5.74, 6) is -0.398. The van der Waals surface area contributed by atoms with Crippen molar-refractivity contribution in [3.05, 3.63) is 40.9 Å². The fraction of sp³-hybridized carbons (Fsp3) is 0.600. The van der Waals surface area contributed by atoms with Crippen molar-refractivity contribution in [1.82, 2.24) is 30.7 Å². The third-order valence-electron chi connectivity index (χ3n) is 8.09. The summed E-state index contributed by atoms with van der Waals surface area (Å²) < 4.78 is 1.08. The Morgan fingerprint density at radius 2 is 1.85 bits per heavy atom. The van der Waals surface area contributed by atoms with Gasteiger partial charge in [0.15, 0.2) is 0 Å². The van der Waals surface area contributed by atoms with E-state index in [0.717, 1.165) is 73.5 Å². The van der Waals surface area contributed by atoms with Gasteiger partial charge in [0.05, 0.1) is 15.2 Å². The van der Waals surface area contributed by atoms with E-state index < -0.39 is 6.04 Å². The summed E-state index contributed by atoms with van der Waals surface area (Å²) in [4.78, 5) is 47.7. The van der Waals surface area contributed by atoms with Gasteiger partial charge < -0.3 is 20.9 Å². The van der Waals surface area contributed by atoms with E-state index in [1.165, 1.54) is 12.5 Å². The molecule has 1 aliphatic heterocycles. The van der Waals surface area contributed by atoms with Crippen LogP contribution >= 0.6 is 11.3 Å². The highest BCUT2D eigenvalue weighted by atomic mass is 32.1. The van der Waals surface area contributed by atoms with Gasteiger partial charge in [0.25, 0.3) is 0 Å². The van der Waals surface area contributed by atoms with Gasteiger partial charge in [-0.3, -0.25) is 19.3 Å². The van der Waals surface area contributed by atoms with E-state index in [0.29, 0.717) is 25.1 Å². The summed E-state index contributed by atoms with van der Waals surface area (Å²) in [6.07, 6.45) is 5.50. The minimum atomic E-state index is -0.740. The number of aromatic nitrogens is 1. The number of amides is 3. The fourth-order valence-corrected chi connectivity index (χ4v) is 6.68. The van der Waals surface area contributed by atoms with Gasteiger partial charge in [-0.1, -0.05) is 32.4 Å². The Balaban J connectivity index is 1.38. The summed E-state index contributed by atoms with van der Waals surface area (Å²) in [6, 6.07) is 5.27. The highest BCUT2D eigenvalue weighted by Gasteiger charge is 2.30. The lowest BCUT2D eigenvalue weighted by molar-refractivity contribution is -0.128. The minimum absolute atomic E-state index is 0.171. The number of piperazine rings is 1. The van der Waals surface area contributed by atoms with Gasteiger partial charge in [-0.15, -0.1) is 11.3 Å². The number of nitrogens with zero attached hydrogens (tertiary/aromatic N) is 3. The largest absolute Gasteiger partial charge is 0.350 e. The first-order valence-corrected chi connectivity index (χ1v) is 15.4. The van der Waals surface area contributed by atoms with Gasteiger partial charge >= 0.3 is 0 Å². The van der Waals surface area contributed by atoms with Gasteiger partial charge in [-0.2, -0.15) is 0 Å². The van der Waals surface area contributed by atoms with Crippen LogP contribution in [0, 0.1) is 5.92 Å². The van der Waals surface area contributed by atoms with E-state index >= 15 is 0 Å². The minimum Gasteiger partial charge on any atom is -0.350 e. The van der Waals surface area contributed by atoms with Crippen LogP contribution in [0.5, 0.6) is 0 Å². The lowest BCUT2D eigenvalue weighted by atomic mass is 9.97. The SMILES string of the molecule is C=C(CN1CCN(C)CC1)C(=O)NCC(NC(=O)[C@H](Cc1nc2ccc(CC)cc2s1)NC(C)=O)C1CCCC1. The molecule has 1 saturated heterocycles. The number of likely N-dealkylation sites (N-methyl/N-ethyl adjacent to an activating group) is 1. The Morgan fingerprint density at radius 1 is 1.12 bits per heavy atom. The topological polar surface area (TPSA) is 107 Å². The van der Waals surface area contributed by atoms with Crippen LogP contribution < -0.4 is 16.0 Å². The lowest BCUT2D eigenvalue weighted by Gasteiger charge is -2.32. The predicted molar refractivity (Wildman–Crippen MR) is 160 cm³/mol. The molecule has 1 saturated carbocycles. The summed E-state index contributed by atoms with van der Waals surface area (Å²) in [5.41, 5.74) is 2.69. The average molecular weight is 569 g/mol. The van der Waals surface area contributed by atoms with Gasteiger partial charge in [0.1, 0.15) is 6.04 Å². The fourth-order valence-electron chi connectivity index (χ4n) is 5.61. The van der Waals surface area contributed by atoms with Crippen LogP contribution in [0.4, 0.5) is 0 Å². The van der Waals surface area contributed by atoms with E-state index in [1.54, 1.807) is 11.3 Å². The molecule has 1 aliphatic carbocycles. The number of hydrogen-bond donors (Lipinski definition) is 3. The first kappa shape index (κ1) is 30.1. The first-order valence-electron chi connectivity index (χ1n) is 14.5. The molecule has 2 fully saturated rings. The number of benzene rings is 1. The van der Waals surface area contributed by atoms with Crippen LogP contribution in [0.25, 0.3) is 10.2 Å². The van der Waals surface area contributed by atoms with E-state index in [1.807, 2.05) is 6.07 Å². The molecule has 218 valence electrons. The highest BCUT2D eigenvalue weighted by molar-refractivity contribution is 7.18. The van der Waals surface area contributed by atoms with E-state index in [4.69, 9.17) is 4.98 Å². The van der Waals surface area contributed by atoms with Gasteiger partial charge in [-0.25, -0.2) is 4.98 Å². The molecular weight excluding hydrogens is 524 g/mol.